The first-order chi connectivity index (χ1) is 7.65. The van der Waals surface area contributed by atoms with E-state index in [1.54, 1.807) is 0 Å². The molecule has 16 heavy (non-hydrogen) atoms. The second kappa shape index (κ2) is 6.90. The van der Waals surface area contributed by atoms with Gasteiger partial charge in [-0.1, -0.05) is 0 Å². The average Bonchev–Trinajstić information content (AvgIpc) is 2.41. The van der Waals surface area contributed by atoms with Crippen LogP contribution in [0.3, 0.4) is 0 Å². The normalized spacial score (nSPS) is 25.6. The number of nitrogens with zero attached hydrogens (tertiary/aromatic N) is 2. The highest BCUT2D eigenvalue weighted by atomic mass is 15.2. The van der Waals surface area contributed by atoms with Crippen LogP contribution in [0.25, 0.3) is 0 Å². The van der Waals surface area contributed by atoms with E-state index in [1.807, 2.05) is 6.92 Å². The van der Waals surface area contributed by atoms with Gasteiger partial charge in [0.05, 0.1) is 0 Å². The molecule has 1 fully saturated rings. The summed E-state index contributed by atoms with van der Waals surface area (Å²) in [5.41, 5.74) is 6.28. The summed E-state index contributed by atoms with van der Waals surface area (Å²) in [7, 11) is 4.37. The lowest BCUT2D eigenvalue weighted by molar-refractivity contribution is 0.192. The van der Waals surface area contributed by atoms with Gasteiger partial charge in [-0.15, -0.1) is 11.8 Å². The molecule has 2 N–H and O–H groups in total. The van der Waals surface area contributed by atoms with E-state index in [4.69, 9.17) is 5.73 Å². The molecule has 0 aromatic rings. The predicted molar refractivity (Wildman–Crippen MR) is 69.2 cm³/mol. The zero-order valence-corrected chi connectivity index (χ0v) is 10.9. The minimum Gasteiger partial charge on any atom is -0.326 e. The van der Waals surface area contributed by atoms with E-state index in [2.05, 4.69) is 35.7 Å². The number of hydrogen-bond acceptors (Lipinski definition) is 3. The van der Waals surface area contributed by atoms with Gasteiger partial charge >= 0.3 is 0 Å². The molecule has 0 amide bonds. The highest BCUT2D eigenvalue weighted by Gasteiger charge is 2.25. The first-order valence-corrected chi connectivity index (χ1v) is 6.19. The summed E-state index contributed by atoms with van der Waals surface area (Å²) in [6.45, 7) is 5.30. The maximum Gasteiger partial charge on any atom is 0.0371 e. The lowest BCUT2D eigenvalue weighted by Crippen LogP contribution is -2.50. The summed E-state index contributed by atoms with van der Waals surface area (Å²) >= 11 is 0. The summed E-state index contributed by atoms with van der Waals surface area (Å²) in [5.74, 6) is 6.03. The quantitative estimate of drug-likeness (QED) is 0.717. The van der Waals surface area contributed by atoms with Crippen LogP contribution in [0.1, 0.15) is 26.2 Å². The molecule has 0 bridgehead atoms. The number of rotatable bonds is 3. The molecule has 0 spiro atoms. The van der Waals surface area contributed by atoms with E-state index in [1.165, 1.54) is 13.0 Å². The van der Waals surface area contributed by atoms with Crippen LogP contribution in [0.4, 0.5) is 0 Å². The zero-order chi connectivity index (χ0) is 12.0. The van der Waals surface area contributed by atoms with Crippen LogP contribution in [0.5, 0.6) is 0 Å². The Hall–Kier alpha value is -0.560. The lowest BCUT2D eigenvalue weighted by atomic mass is 10.0. The smallest absolute Gasteiger partial charge is 0.0371 e. The Morgan fingerprint density at radius 2 is 2.12 bits per heavy atom. The van der Waals surface area contributed by atoms with Crippen LogP contribution >= 0.6 is 0 Å². The molecule has 1 aliphatic rings. The summed E-state index contributed by atoms with van der Waals surface area (Å²) in [4.78, 5) is 4.80. The van der Waals surface area contributed by atoms with Gasteiger partial charge in [0.1, 0.15) is 0 Å². The van der Waals surface area contributed by atoms with Gasteiger partial charge in [-0.05, 0) is 47.0 Å². The molecule has 0 radical (unpaired) electrons. The standard InChI is InChI=1S/C13H25N3/c1-4-5-6-8-12(14)13-11-15(2)9-7-10-16(13)3/h12-13H,6-11,14H2,1-3H3. The molecule has 0 saturated carbocycles. The lowest BCUT2D eigenvalue weighted by Gasteiger charge is -2.32. The van der Waals surface area contributed by atoms with Crippen molar-refractivity contribution < 1.29 is 0 Å². The predicted octanol–water partition coefficient (Wildman–Crippen LogP) is 0.753. The molecule has 1 heterocycles. The van der Waals surface area contributed by atoms with Crippen LogP contribution in [0.2, 0.25) is 0 Å². The van der Waals surface area contributed by atoms with E-state index >= 15 is 0 Å². The van der Waals surface area contributed by atoms with Crippen molar-refractivity contribution in [2.24, 2.45) is 5.73 Å². The molecule has 3 heteroatoms. The molecule has 0 aliphatic carbocycles. The zero-order valence-electron chi connectivity index (χ0n) is 10.9. The molecule has 92 valence electrons. The third-order valence-electron chi connectivity index (χ3n) is 3.39. The molecule has 3 nitrogen and oxygen atoms in total. The van der Waals surface area contributed by atoms with E-state index in [9.17, 15) is 0 Å². The van der Waals surface area contributed by atoms with Crippen molar-refractivity contribution in [1.29, 1.82) is 0 Å². The molecule has 1 rings (SSSR count). The number of nitrogens with two attached hydrogens (primary N) is 1. The molecule has 0 aromatic heterocycles. The SMILES string of the molecule is CC#CCCC(N)C1CN(C)CCCN1C. The van der Waals surface area contributed by atoms with Crippen LogP contribution in [0.15, 0.2) is 0 Å². The van der Waals surface area contributed by atoms with Crippen molar-refractivity contribution in [2.75, 3.05) is 33.7 Å². The van der Waals surface area contributed by atoms with Crippen LogP contribution in [0, 0.1) is 11.8 Å². The highest BCUT2D eigenvalue weighted by Crippen LogP contribution is 2.12. The van der Waals surface area contributed by atoms with Crippen molar-refractivity contribution in [2.45, 2.75) is 38.3 Å². The maximum atomic E-state index is 6.28. The van der Waals surface area contributed by atoms with Crippen molar-refractivity contribution >= 4 is 0 Å². The van der Waals surface area contributed by atoms with E-state index < -0.39 is 0 Å². The Labute approximate surface area is 100.0 Å². The third-order valence-corrected chi connectivity index (χ3v) is 3.39. The van der Waals surface area contributed by atoms with Crippen molar-refractivity contribution in [3.8, 4) is 11.8 Å². The summed E-state index contributed by atoms with van der Waals surface area (Å²) in [6.07, 6.45) is 3.17. The molecule has 2 atom stereocenters. The van der Waals surface area contributed by atoms with Gasteiger partial charge in [0.2, 0.25) is 0 Å². The topological polar surface area (TPSA) is 32.5 Å². The fraction of sp³-hybridized carbons (Fsp3) is 0.846. The van der Waals surface area contributed by atoms with E-state index in [-0.39, 0.29) is 6.04 Å². The Balaban J connectivity index is 2.48. The summed E-state index contributed by atoms with van der Waals surface area (Å²) in [5, 5.41) is 0. The fourth-order valence-corrected chi connectivity index (χ4v) is 2.32. The second-order valence-corrected chi connectivity index (χ2v) is 4.79. The van der Waals surface area contributed by atoms with E-state index in [0.29, 0.717) is 6.04 Å². The summed E-state index contributed by atoms with van der Waals surface area (Å²) in [6, 6.07) is 0.720. The van der Waals surface area contributed by atoms with Crippen LogP contribution < -0.4 is 5.73 Å². The third kappa shape index (κ3) is 4.13. The molecular formula is C13H25N3. The van der Waals surface area contributed by atoms with Crippen LogP contribution in [-0.2, 0) is 0 Å². The monoisotopic (exact) mass is 223 g/mol. The van der Waals surface area contributed by atoms with Gasteiger partial charge in [-0.3, -0.25) is 0 Å². The van der Waals surface area contributed by atoms with E-state index in [0.717, 1.165) is 25.9 Å². The van der Waals surface area contributed by atoms with Crippen molar-refractivity contribution in [1.82, 2.24) is 9.80 Å². The molecule has 2 unspecified atom stereocenters. The largest absolute Gasteiger partial charge is 0.326 e. The van der Waals surface area contributed by atoms with Gasteiger partial charge in [-0.2, -0.15) is 0 Å². The van der Waals surface area contributed by atoms with Crippen LogP contribution in [-0.4, -0.2) is 55.6 Å². The highest BCUT2D eigenvalue weighted by molar-refractivity contribution is 4.97. The van der Waals surface area contributed by atoms with Gasteiger partial charge in [0.25, 0.3) is 0 Å². The van der Waals surface area contributed by atoms with Crippen molar-refractivity contribution in [3.05, 3.63) is 0 Å². The maximum absolute atomic E-state index is 6.28. The Bertz CT molecular complexity index is 254. The van der Waals surface area contributed by atoms with Gasteiger partial charge in [0.15, 0.2) is 0 Å². The number of likely N-dealkylation sites (N-methyl/N-ethyl adjacent to an activating group) is 2. The molecule has 1 saturated heterocycles. The molecular weight excluding hydrogens is 198 g/mol. The Kier molecular flexibility index (Phi) is 5.83. The summed E-state index contributed by atoms with van der Waals surface area (Å²) < 4.78 is 0. The first kappa shape index (κ1) is 13.5. The number of hydrogen-bond donors (Lipinski definition) is 1. The van der Waals surface area contributed by atoms with Crippen molar-refractivity contribution in [3.63, 3.8) is 0 Å². The van der Waals surface area contributed by atoms with Gasteiger partial charge < -0.3 is 15.5 Å². The molecule has 0 aromatic carbocycles. The molecule has 1 aliphatic heterocycles. The second-order valence-electron chi connectivity index (χ2n) is 4.79. The fourth-order valence-electron chi connectivity index (χ4n) is 2.32. The van der Waals surface area contributed by atoms with Gasteiger partial charge in [0, 0.05) is 25.0 Å². The Morgan fingerprint density at radius 1 is 1.38 bits per heavy atom. The average molecular weight is 223 g/mol. The minimum atomic E-state index is 0.242. The Morgan fingerprint density at radius 3 is 2.81 bits per heavy atom. The first-order valence-electron chi connectivity index (χ1n) is 6.19. The van der Waals surface area contributed by atoms with Gasteiger partial charge in [-0.25, -0.2) is 0 Å². The minimum absolute atomic E-state index is 0.242.